The molecule has 1 aromatic carbocycles. The molecular formula is C12H13N5. The van der Waals surface area contributed by atoms with E-state index in [1.54, 1.807) is 4.68 Å². The number of anilines is 1. The van der Waals surface area contributed by atoms with E-state index in [-0.39, 0.29) is 0 Å². The molecular weight excluding hydrogens is 214 g/mol. The number of aromatic nitrogens is 4. The minimum absolute atomic E-state index is 0.574. The van der Waals surface area contributed by atoms with Crippen molar-refractivity contribution in [1.82, 2.24) is 19.6 Å². The SMILES string of the molecule is Cn1cc(Cn2nc(N)c3ccccc32)cn1. The van der Waals surface area contributed by atoms with Crippen molar-refractivity contribution in [2.75, 3.05) is 5.73 Å². The highest BCUT2D eigenvalue weighted by Crippen LogP contribution is 2.20. The van der Waals surface area contributed by atoms with Crippen molar-refractivity contribution < 1.29 is 0 Å². The normalized spacial score (nSPS) is 11.1. The summed E-state index contributed by atoms with van der Waals surface area (Å²) in [5, 5.41) is 9.49. The molecule has 2 N–H and O–H groups in total. The van der Waals surface area contributed by atoms with Crippen LogP contribution in [0.2, 0.25) is 0 Å². The van der Waals surface area contributed by atoms with Crippen molar-refractivity contribution in [3.8, 4) is 0 Å². The van der Waals surface area contributed by atoms with Crippen molar-refractivity contribution in [2.45, 2.75) is 6.54 Å². The molecule has 0 unspecified atom stereocenters. The van der Waals surface area contributed by atoms with Crippen molar-refractivity contribution in [1.29, 1.82) is 0 Å². The summed E-state index contributed by atoms with van der Waals surface area (Å²) in [6, 6.07) is 7.96. The summed E-state index contributed by atoms with van der Waals surface area (Å²) in [6.45, 7) is 0.686. The molecule has 0 aliphatic heterocycles. The highest BCUT2D eigenvalue weighted by molar-refractivity contribution is 5.89. The van der Waals surface area contributed by atoms with E-state index in [4.69, 9.17) is 5.73 Å². The first-order valence-electron chi connectivity index (χ1n) is 5.42. The highest BCUT2D eigenvalue weighted by atomic mass is 15.3. The standard InChI is InChI=1S/C12H13N5/c1-16-7-9(6-14-16)8-17-11-5-3-2-4-10(11)12(13)15-17/h2-7H,8H2,1H3,(H2,13,15). The Balaban J connectivity index is 2.06. The summed E-state index contributed by atoms with van der Waals surface area (Å²) >= 11 is 0. The summed E-state index contributed by atoms with van der Waals surface area (Å²) in [5.74, 6) is 0.574. The first kappa shape index (κ1) is 9.89. The number of fused-ring (bicyclic) bond motifs is 1. The van der Waals surface area contributed by atoms with E-state index in [0.717, 1.165) is 16.5 Å². The Morgan fingerprint density at radius 1 is 1.29 bits per heavy atom. The lowest BCUT2D eigenvalue weighted by atomic mass is 10.2. The lowest BCUT2D eigenvalue weighted by Crippen LogP contribution is -2.01. The molecule has 5 nitrogen and oxygen atoms in total. The summed E-state index contributed by atoms with van der Waals surface area (Å²) in [7, 11) is 1.90. The van der Waals surface area contributed by atoms with Crippen LogP contribution in [0.5, 0.6) is 0 Å². The minimum atomic E-state index is 0.574. The van der Waals surface area contributed by atoms with Crippen LogP contribution < -0.4 is 5.73 Å². The maximum Gasteiger partial charge on any atom is 0.153 e. The van der Waals surface area contributed by atoms with Crippen molar-refractivity contribution in [3.05, 3.63) is 42.2 Å². The quantitative estimate of drug-likeness (QED) is 0.719. The van der Waals surface area contributed by atoms with Gasteiger partial charge in [-0.3, -0.25) is 9.36 Å². The molecule has 0 amide bonds. The van der Waals surface area contributed by atoms with E-state index in [2.05, 4.69) is 10.2 Å². The largest absolute Gasteiger partial charge is 0.382 e. The van der Waals surface area contributed by atoms with E-state index in [9.17, 15) is 0 Å². The smallest absolute Gasteiger partial charge is 0.153 e. The second kappa shape index (κ2) is 3.62. The summed E-state index contributed by atoms with van der Waals surface area (Å²) < 4.78 is 3.69. The minimum Gasteiger partial charge on any atom is -0.382 e. The van der Waals surface area contributed by atoms with E-state index in [1.165, 1.54) is 0 Å². The zero-order valence-corrected chi connectivity index (χ0v) is 9.54. The van der Waals surface area contributed by atoms with Crippen LogP contribution in [-0.4, -0.2) is 19.6 Å². The maximum atomic E-state index is 5.88. The molecule has 3 aromatic rings. The first-order valence-corrected chi connectivity index (χ1v) is 5.42. The Hall–Kier alpha value is -2.30. The predicted octanol–water partition coefficient (Wildman–Crippen LogP) is 1.40. The molecule has 0 aliphatic carbocycles. The van der Waals surface area contributed by atoms with Gasteiger partial charge in [-0.1, -0.05) is 12.1 Å². The van der Waals surface area contributed by atoms with Gasteiger partial charge in [0.25, 0.3) is 0 Å². The highest BCUT2D eigenvalue weighted by Gasteiger charge is 2.07. The van der Waals surface area contributed by atoms with Crippen LogP contribution in [-0.2, 0) is 13.6 Å². The number of hydrogen-bond acceptors (Lipinski definition) is 3. The van der Waals surface area contributed by atoms with Gasteiger partial charge in [-0.2, -0.15) is 10.2 Å². The average Bonchev–Trinajstić information content (AvgIpc) is 2.86. The average molecular weight is 227 g/mol. The van der Waals surface area contributed by atoms with Gasteiger partial charge < -0.3 is 5.73 Å². The first-order chi connectivity index (χ1) is 8.24. The third-order valence-corrected chi connectivity index (χ3v) is 2.78. The van der Waals surface area contributed by atoms with Crippen LogP contribution in [0.15, 0.2) is 36.7 Å². The molecule has 0 aliphatic rings. The van der Waals surface area contributed by atoms with Crippen molar-refractivity contribution in [3.63, 3.8) is 0 Å². The topological polar surface area (TPSA) is 61.7 Å². The third kappa shape index (κ3) is 1.65. The van der Waals surface area contributed by atoms with Crippen molar-refractivity contribution in [2.24, 2.45) is 7.05 Å². The van der Waals surface area contributed by atoms with E-state index < -0.39 is 0 Å². The number of nitrogens with zero attached hydrogens (tertiary/aromatic N) is 4. The Morgan fingerprint density at radius 3 is 2.88 bits per heavy atom. The molecule has 0 bridgehead atoms. The number of nitrogens with two attached hydrogens (primary N) is 1. The van der Waals surface area contributed by atoms with Gasteiger partial charge in [0, 0.05) is 24.2 Å². The molecule has 3 rings (SSSR count). The maximum absolute atomic E-state index is 5.88. The summed E-state index contributed by atoms with van der Waals surface area (Å²) in [4.78, 5) is 0. The molecule has 0 saturated heterocycles. The van der Waals surface area contributed by atoms with E-state index >= 15 is 0 Å². The van der Waals surface area contributed by atoms with Crippen LogP contribution >= 0.6 is 0 Å². The number of benzene rings is 1. The fourth-order valence-electron chi connectivity index (χ4n) is 2.00. The molecule has 86 valence electrons. The van der Waals surface area contributed by atoms with Gasteiger partial charge in [-0.15, -0.1) is 0 Å². The lowest BCUT2D eigenvalue weighted by molar-refractivity contribution is 0.713. The number of nitrogen functional groups attached to an aromatic ring is 1. The molecule has 2 heterocycles. The number of aryl methyl sites for hydroxylation is 1. The fourth-order valence-corrected chi connectivity index (χ4v) is 2.00. The van der Waals surface area contributed by atoms with Crippen LogP contribution in [0, 0.1) is 0 Å². The summed E-state index contributed by atoms with van der Waals surface area (Å²) in [5.41, 5.74) is 8.04. The van der Waals surface area contributed by atoms with Gasteiger partial charge in [0.1, 0.15) is 0 Å². The Labute approximate surface area is 98.5 Å². The number of para-hydroxylation sites is 1. The van der Waals surface area contributed by atoms with Gasteiger partial charge in [-0.05, 0) is 12.1 Å². The lowest BCUT2D eigenvalue weighted by Gasteiger charge is -2.00. The third-order valence-electron chi connectivity index (χ3n) is 2.78. The molecule has 0 radical (unpaired) electrons. The van der Waals surface area contributed by atoms with Gasteiger partial charge in [0.15, 0.2) is 5.82 Å². The zero-order chi connectivity index (χ0) is 11.8. The Bertz CT molecular complexity index is 664. The molecule has 0 saturated carbocycles. The van der Waals surface area contributed by atoms with Crippen LogP contribution in [0.25, 0.3) is 10.9 Å². The van der Waals surface area contributed by atoms with Gasteiger partial charge in [-0.25, -0.2) is 0 Å². The van der Waals surface area contributed by atoms with Crippen molar-refractivity contribution >= 4 is 16.7 Å². The van der Waals surface area contributed by atoms with Crippen LogP contribution in [0.3, 0.4) is 0 Å². The fraction of sp³-hybridized carbons (Fsp3) is 0.167. The van der Waals surface area contributed by atoms with E-state index in [0.29, 0.717) is 12.4 Å². The molecule has 17 heavy (non-hydrogen) atoms. The number of rotatable bonds is 2. The second-order valence-electron chi connectivity index (χ2n) is 4.08. The van der Waals surface area contributed by atoms with E-state index in [1.807, 2.05) is 48.4 Å². The Morgan fingerprint density at radius 2 is 2.12 bits per heavy atom. The van der Waals surface area contributed by atoms with Gasteiger partial charge in [0.2, 0.25) is 0 Å². The molecule has 0 atom stereocenters. The molecule has 0 spiro atoms. The van der Waals surface area contributed by atoms with Gasteiger partial charge in [0.05, 0.1) is 18.3 Å². The zero-order valence-electron chi connectivity index (χ0n) is 9.54. The predicted molar refractivity (Wildman–Crippen MR) is 66.5 cm³/mol. The van der Waals surface area contributed by atoms with Crippen LogP contribution in [0.1, 0.15) is 5.56 Å². The monoisotopic (exact) mass is 227 g/mol. The van der Waals surface area contributed by atoms with Crippen LogP contribution in [0.4, 0.5) is 5.82 Å². The Kier molecular flexibility index (Phi) is 2.11. The second-order valence-corrected chi connectivity index (χ2v) is 4.08. The molecule has 5 heteroatoms. The molecule has 0 fully saturated rings. The number of hydrogen-bond donors (Lipinski definition) is 1. The van der Waals surface area contributed by atoms with Gasteiger partial charge >= 0.3 is 0 Å². The molecule has 2 aromatic heterocycles. The summed E-state index contributed by atoms with van der Waals surface area (Å²) in [6.07, 6.45) is 3.82.